The molecule has 0 radical (unpaired) electrons. The second-order valence-electron chi connectivity index (χ2n) is 5.85. The molecule has 0 bridgehead atoms. The Balaban J connectivity index is 0.000000166. The fourth-order valence-electron chi connectivity index (χ4n) is 2.37. The summed E-state index contributed by atoms with van der Waals surface area (Å²) in [5, 5.41) is 9.99. The van der Waals surface area contributed by atoms with Crippen molar-refractivity contribution in [1.29, 1.82) is 0 Å². The molecule has 1 unspecified atom stereocenters. The van der Waals surface area contributed by atoms with Gasteiger partial charge in [-0.2, -0.15) is 0 Å². The van der Waals surface area contributed by atoms with Crippen LogP contribution in [0, 0.1) is 0 Å². The number of hydrogen-bond donors (Lipinski definition) is 1. The van der Waals surface area contributed by atoms with E-state index in [0.717, 1.165) is 25.8 Å². The number of aromatic nitrogens is 2. The Hall–Kier alpha value is -0.800. The van der Waals surface area contributed by atoms with E-state index >= 15 is 0 Å². The first-order valence-corrected chi connectivity index (χ1v) is 12.3. The summed E-state index contributed by atoms with van der Waals surface area (Å²) in [5.41, 5.74) is 2.10. The van der Waals surface area contributed by atoms with Gasteiger partial charge < -0.3 is 5.11 Å². The smallest absolute Gasteiger partial charge is 0.183 e. The molecule has 2 aromatic carbocycles. The molecule has 4 aromatic rings. The van der Waals surface area contributed by atoms with E-state index in [1.54, 1.807) is 6.20 Å². The number of benzene rings is 2. The fourth-order valence-corrected chi connectivity index (χ4v) is 4.88. The predicted octanol–water partition coefficient (Wildman–Crippen LogP) is 7.79. The summed E-state index contributed by atoms with van der Waals surface area (Å²) in [6.07, 6.45) is 3.68. The summed E-state index contributed by atoms with van der Waals surface area (Å²) in [6, 6.07) is 15.8. The highest BCUT2D eigenvalue weighted by Crippen LogP contribution is 2.29. The number of thiazole rings is 2. The molecule has 0 aliphatic heterocycles. The normalized spacial score (nSPS) is 11.6. The molecule has 9 heteroatoms. The van der Waals surface area contributed by atoms with Crippen molar-refractivity contribution < 1.29 is 5.11 Å². The van der Waals surface area contributed by atoms with Crippen LogP contribution in [0.1, 0.15) is 27.0 Å². The van der Waals surface area contributed by atoms with Crippen LogP contribution in [-0.4, -0.2) is 15.1 Å². The van der Waals surface area contributed by atoms with Gasteiger partial charge in [0.2, 0.25) is 0 Å². The van der Waals surface area contributed by atoms with Gasteiger partial charge in [0.25, 0.3) is 0 Å². The molecule has 3 nitrogen and oxygen atoms in total. The van der Waals surface area contributed by atoms with Crippen molar-refractivity contribution in [3.8, 4) is 0 Å². The third-order valence-electron chi connectivity index (χ3n) is 3.77. The van der Waals surface area contributed by atoms with Gasteiger partial charge in [0, 0.05) is 32.6 Å². The highest BCUT2D eigenvalue weighted by atomic mass is 79.9. The van der Waals surface area contributed by atoms with E-state index in [4.69, 9.17) is 23.2 Å². The van der Waals surface area contributed by atoms with Gasteiger partial charge in [-0.1, -0.05) is 79.3 Å². The molecule has 2 heterocycles. The van der Waals surface area contributed by atoms with E-state index in [1.807, 2.05) is 42.6 Å². The zero-order valence-electron chi connectivity index (χ0n) is 14.7. The van der Waals surface area contributed by atoms with Gasteiger partial charge >= 0.3 is 0 Å². The molecule has 2 aromatic heterocycles. The molecular weight excluding hydrogens is 579 g/mol. The van der Waals surface area contributed by atoms with Gasteiger partial charge in [-0.05, 0) is 35.4 Å². The first-order valence-electron chi connectivity index (χ1n) is 8.30. The lowest BCUT2D eigenvalue weighted by atomic mass is 10.1. The molecular formula is C20H14Br2Cl2N2OS2. The Bertz CT molecular complexity index is 1050. The van der Waals surface area contributed by atoms with Gasteiger partial charge in [0.15, 0.2) is 8.93 Å². The number of rotatable bonds is 4. The minimum absolute atomic E-state index is 0.446. The summed E-state index contributed by atoms with van der Waals surface area (Å²) in [6.45, 7) is 0. The van der Waals surface area contributed by atoms with Gasteiger partial charge in [-0.25, -0.2) is 9.97 Å². The molecule has 0 saturated heterocycles. The van der Waals surface area contributed by atoms with Crippen molar-refractivity contribution in [2.45, 2.75) is 12.5 Å². The predicted molar refractivity (Wildman–Crippen MR) is 129 cm³/mol. The SMILES string of the molecule is Clc1ncc(Cc2ccc(Br)cc2)s1.OC(c1ccc(Br)cc1)c1cnc(Cl)s1. The topological polar surface area (TPSA) is 46.0 Å². The molecule has 1 N–H and O–H groups in total. The van der Waals surface area contributed by atoms with Crippen LogP contribution < -0.4 is 0 Å². The molecule has 150 valence electrons. The molecule has 1 atom stereocenters. The van der Waals surface area contributed by atoms with Crippen molar-refractivity contribution in [3.05, 3.63) is 99.7 Å². The standard InChI is InChI=1S/C10H7BrClNOS.C10H7BrClNS/c11-7-3-1-6(2-4-7)9(14)8-5-13-10(12)15-8;11-8-3-1-7(2-4-8)5-9-6-13-10(12)14-9/h1-5,9,14H;1-4,6H,5H2. The van der Waals surface area contributed by atoms with Crippen LogP contribution in [0.3, 0.4) is 0 Å². The maximum absolute atomic E-state index is 9.99. The molecule has 0 saturated carbocycles. The maximum atomic E-state index is 9.99. The highest BCUT2D eigenvalue weighted by molar-refractivity contribution is 9.10. The average Bonchev–Trinajstić information content (AvgIpc) is 3.32. The van der Waals surface area contributed by atoms with Gasteiger partial charge in [0.05, 0.1) is 4.88 Å². The number of hydrogen-bond acceptors (Lipinski definition) is 5. The Labute approximate surface area is 203 Å². The second-order valence-corrected chi connectivity index (χ2v) is 11.0. The highest BCUT2D eigenvalue weighted by Gasteiger charge is 2.13. The molecule has 0 spiro atoms. The van der Waals surface area contributed by atoms with Crippen LogP contribution in [0.25, 0.3) is 0 Å². The Morgan fingerprint density at radius 1 is 0.828 bits per heavy atom. The molecule has 0 amide bonds. The van der Waals surface area contributed by atoms with Crippen LogP contribution in [0.4, 0.5) is 0 Å². The average molecular weight is 593 g/mol. The quantitative estimate of drug-likeness (QED) is 0.263. The fraction of sp³-hybridized carbons (Fsp3) is 0.100. The van der Waals surface area contributed by atoms with Crippen molar-refractivity contribution in [1.82, 2.24) is 9.97 Å². The second kappa shape index (κ2) is 11.0. The minimum atomic E-state index is -0.650. The lowest BCUT2D eigenvalue weighted by Crippen LogP contribution is -1.96. The largest absolute Gasteiger partial charge is 0.383 e. The molecule has 0 aliphatic rings. The summed E-state index contributed by atoms with van der Waals surface area (Å²) >= 11 is 21.0. The lowest BCUT2D eigenvalue weighted by Gasteiger charge is -2.07. The third kappa shape index (κ3) is 7.14. The van der Waals surface area contributed by atoms with Crippen molar-refractivity contribution >= 4 is 77.7 Å². The third-order valence-corrected chi connectivity index (χ3v) is 7.11. The number of halogens is 4. The van der Waals surface area contributed by atoms with Crippen molar-refractivity contribution in [2.75, 3.05) is 0 Å². The number of nitrogens with zero attached hydrogens (tertiary/aromatic N) is 2. The van der Waals surface area contributed by atoms with Crippen LogP contribution in [0.2, 0.25) is 8.93 Å². The molecule has 0 fully saturated rings. The lowest BCUT2D eigenvalue weighted by molar-refractivity contribution is 0.224. The van der Waals surface area contributed by atoms with Crippen LogP contribution in [-0.2, 0) is 6.42 Å². The van der Waals surface area contributed by atoms with Crippen LogP contribution in [0.5, 0.6) is 0 Å². The van der Waals surface area contributed by atoms with Gasteiger partial charge in [-0.3, -0.25) is 0 Å². The zero-order valence-corrected chi connectivity index (χ0v) is 21.0. The van der Waals surface area contributed by atoms with E-state index in [-0.39, 0.29) is 0 Å². The number of aliphatic hydroxyl groups is 1. The monoisotopic (exact) mass is 590 g/mol. The summed E-state index contributed by atoms with van der Waals surface area (Å²) in [7, 11) is 0. The van der Waals surface area contributed by atoms with Crippen molar-refractivity contribution in [3.63, 3.8) is 0 Å². The first-order chi connectivity index (χ1) is 13.9. The minimum Gasteiger partial charge on any atom is -0.383 e. The zero-order chi connectivity index (χ0) is 20.8. The van der Waals surface area contributed by atoms with E-state index < -0.39 is 6.10 Å². The van der Waals surface area contributed by atoms with E-state index in [0.29, 0.717) is 8.93 Å². The molecule has 29 heavy (non-hydrogen) atoms. The van der Waals surface area contributed by atoms with Crippen molar-refractivity contribution in [2.24, 2.45) is 0 Å². The van der Waals surface area contributed by atoms with Gasteiger partial charge in [0.1, 0.15) is 6.10 Å². The van der Waals surface area contributed by atoms with Crippen LogP contribution >= 0.6 is 77.7 Å². The van der Waals surface area contributed by atoms with E-state index in [9.17, 15) is 5.11 Å². The summed E-state index contributed by atoms with van der Waals surface area (Å²) < 4.78 is 3.14. The Morgan fingerprint density at radius 2 is 1.38 bits per heavy atom. The Morgan fingerprint density at radius 3 is 1.90 bits per heavy atom. The Kier molecular flexibility index (Phi) is 8.68. The van der Waals surface area contributed by atoms with Gasteiger partial charge in [-0.15, -0.1) is 22.7 Å². The molecule has 0 aliphatic carbocycles. The molecule has 4 rings (SSSR count). The summed E-state index contributed by atoms with van der Waals surface area (Å²) in [4.78, 5) is 9.84. The van der Waals surface area contributed by atoms with Crippen LogP contribution in [0.15, 0.2) is 69.9 Å². The number of aliphatic hydroxyl groups excluding tert-OH is 1. The van der Waals surface area contributed by atoms with E-state index in [2.05, 4.69) is 54.0 Å². The summed E-state index contributed by atoms with van der Waals surface area (Å²) in [5.74, 6) is 0. The van der Waals surface area contributed by atoms with E-state index in [1.165, 1.54) is 33.1 Å². The first kappa shape index (κ1) is 22.9. The maximum Gasteiger partial charge on any atom is 0.183 e.